The van der Waals surface area contributed by atoms with Gasteiger partial charge in [-0.2, -0.15) is 0 Å². The van der Waals surface area contributed by atoms with Crippen molar-refractivity contribution in [2.45, 2.75) is 18.4 Å². The van der Waals surface area contributed by atoms with Crippen molar-refractivity contribution >= 4 is 5.91 Å². The van der Waals surface area contributed by atoms with Crippen LogP contribution < -0.4 is 5.73 Å². The summed E-state index contributed by atoms with van der Waals surface area (Å²) >= 11 is 0. The van der Waals surface area contributed by atoms with E-state index in [0.29, 0.717) is 0 Å². The zero-order valence-corrected chi connectivity index (χ0v) is 8.81. The number of likely N-dealkylation sites (N-methyl/N-ethyl adjacent to an activating group) is 1. The number of amides is 1. The molecule has 0 aliphatic carbocycles. The summed E-state index contributed by atoms with van der Waals surface area (Å²) in [4.78, 5) is 17.8. The molecule has 4 nitrogen and oxygen atoms in total. The van der Waals surface area contributed by atoms with Crippen molar-refractivity contribution < 1.29 is 4.79 Å². The highest BCUT2D eigenvalue weighted by Gasteiger charge is 2.45. The number of aromatic nitrogens is 1. The van der Waals surface area contributed by atoms with Crippen molar-refractivity contribution in [1.29, 1.82) is 0 Å². The third-order valence-electron chi connectivity index (χ3n) is 3.23. The maximum atomic E-state index is 11.7. The van der Waals surface area contributed by atoms with Crippen LogP contribution in [0, 0.1) is 0 Å². The summed E-state index contributed by atoms with van der Waals surface area (Å²) in [5.74, 6) is -0.282. The monoisotopic (exact) mass is 205 g/mol. The lowest BCUT2D eigenvalue weighted by Gasteiger charge is -2.33. The minimum Gasteiger partial charge on any atom is -0.368 e. The number of likely N-dealkylation sites (tertiary alicyclic amines) is 1. The number of nitrogens with two attached hydrogens (primary N) is 1. The molecule has 0 spiro atoms. The van der Waals surface area contributed by atoms with Gasteiger partial charge in [0.15, 0.2) is 0 Å². The normalized spacial score (nSPS) is 26.7. The van der Waals surface area contributed by atoms with Crippen LogP contribution in [0.25, 0.3) is 0 Å². The van der Waals surface area contributed by atoms with E-state index < -0.39 is 5.54 Å². The van der Waals surface area contributed by atoms with Gasteiger partial charge >= 0.3 is 0 Å². The number of nitrogens with zero attached hydrogens (tertiary/aromatic N) is 2. The van der Waals surface area contributed by atoms with Gasteiger partial charge in [-0.15, -0.1) is 0 Å². The molecule has 0 aromatic carbocycles. The molecule has 1 unspecified atom stereocenters. The molecule has 1 saturated heterocycles. The molecule has 4 heteroatoms. The van der Waals surface area contributed by atoms with Crippen molar-refractivity contribution in [3.8, 4) is 0 Å². The van der Waals surface area contributed by atoms with Crippen LogP contribution in [0.3, 0.4) is 0 Å². The van der Waals surface area contributed by atoms with Gasteiger partial charge in [0, 0.05) is 18.0 Å². The highest BCUT2D eigenvalue weighted by molar-refractivity contribution is 5.86. The highest BCUT2D eigenvalue weighted by atomic mass is 16.1. The molecule has 1 fully saturated rings. The number of hydrogen-bond donors (Lipinski definition) is 1. The van der Waals surface area contributed by atoms with Crippen LogP contribution in [0.15, 0.2) is 24.5 Å². The number of hydrogen-bond acceptors (Lipinski definition) is 3. The molecular weight excluding hydrogens is 190 g/mol. The van der Waals surface area contributed by atoms with E-state index in [0.717, 1.165) is 24.9 Å². The molecule has 1 atom stereocenters. The maximum Gasteiger partial charge on any atom is 0.242 e. The molecule has 0 bridgehead atoms. The number of primary amides is 1. The summed E-state index contributed by atoms with van der Waals surface area (Å²) in [5, 5.41) is 0. The molecule has 1 aromatic rings. The lowest BCUT2D eigenvalue weighted by molar-refractivity contribution is -0.128. The highest BCUT2D eigenvalue weighted by Crippen LogP contribution is 2.36. The van der Waals surface area contributed by atoms with Crippen LogP contribution in [0.4, 0.5) is 0 Å². The fourth-order valence-electron chi connectivity index (χ4n) is 2.38. The molecule has 2 heterocycles. The van der Waals surface area contributed by atoms with Crippen LogP contribution in [0.2, 0.25) is 0 Å². The average molecular weight is 205 g/mol. The summed E-state index contributed by atoms with van der Waals surface area (Å²) < 4.78 is 0. The topological polar surface area (TPSA) is 59.2 Å². The van der Waals surface area contributed by atoms with Crippen LogP contribution in [-0.2, 0) is 10.3 Å². The molecule has 1 aromatic heterocycles. The second kappa shape index (κ2) is 3.62. The van der Waals surface area contributed by atoms with E-state index in [-0.39, 0.29) is 5.91 Å². The average Bonchev–Trinajstić information content (AvgIpc) is 2.62. The van der Waals surface area contributed by atoms with Gasteiger partial charge < -0.3 is 5.73 Å². The maximum absolute atomic E-state index is 11.7. The number of carbonyl (C=O) groups is 1. The summed E-state index contributed by atoms with van der Waals surface area (Å²) in [7, 11) is 1.94. The molecule has 0 saturated carbocycles. The number of carbonyl (C=O) groups excluding carboxylic acids is 1. The molecule has 1 amide bonds. The smallest absolute Gasteiger partial charge is 0.242 e. The largest absolute Gasteiger partial charge is 0.368 e. The Morgan fingerprint density at radius 1 is 1.67 bits per heavy atom. The zero-order valence-electron chi connectivity index (χ0n) is 8.81. The van der Waals surface area contributed by atoms with Gasteiger partial charge in [0.1, 0.15) is 5.54 Å². The second-order valence-corrected chi connectivity index (χ2v) is 3.99. The Balaban J connectivity index is 2.49. The first kappa shape index (κ1) is 10.1. The predicted octanol–water partition coefficient (Wildman–Crippen LogP) is 0.488. The van der Waals surface area contributed by atoms with Gasteiger partial charge in [-0.3, -0.25) is 14.7 Å². The van der Waals surface area contributed by atoms with Crippen LogP contribution in [0.5, 0.6) is 0 Å². The van der Waals surface area contributed by atoms with E-state index >= 15 is 0 Å². The Labute approximate surface area is 89.1 Å². The summed E-state index contributed by atoms with van der Waals surface area (Å²) in [5.41, 5.74) is 5.80. The van der Waals surface area contributed by atoms with E-state index in [1.807, 2.05) is 24.1 Å². The fraction of sp³-hybridized carbons (Fsp3) is 0.455. The van der Waals surface area contributed by atoms with E-state index in [2.05, 4.69) is 4.98 Å². The Hall–Kier alpha value is -1.42. The standard InChI is InChI=1S/C11H15N3O/c1-14-7-3-5-11(14,10(12)15)9-4-2-6-13-8-9/h2,4,6,8H,3,5,7H2,1H3,(H2,12,15). The van der Waals surface area contributed by atoms with Gasteiger partial charge in [0.05, 0.1) is 0 Å². The lowest BCUT2D eigenvalue weighted by Crippen LogP contribution is -2.49. The molecule has 15 heavy (non-hydrogen) atoms. The first-order valence-electron chi connectivity index (χ1n) is 5.09. The zero-order chi connectivity index (χ0) is 10.9. The van der Waals surface area contributed by atoms with Crippen LogP contribution >= 0.6 is 0 Å². The Kier molecular flexibility index (Phi) is 2.44. The molecule has 80 valence electrons. The molecule has 1 aliphatic heterocycles. The second-order valence-electron chi connectivity index (χ2n) is 3.99. The van der Waals surface area contributed by atoms with Crippen molar-refractivity contribution in [2.24, 2.45) is 5.73 Å². The summed E-state index contributed by atoms with van der Waals surface area (Å²) in [6.45, 7) is 0.901. The first-order valence-corrected chi connectivity index (χ1v) is 5.09. The molecule has 2 N–H and O–H groups in total. The Bertz CT molecular complexity index is 365. The van der Waals surface area contributed by atoms with E-state index in [1.165, 1.54) is 0 Å². The Morgan fingerprint density at radius 2 is 2.47 bits per heavy atom. The summed E-state index contributed by atoms with van der Waals surface area (Å²) in [6, 6.07) is 3.76. The SMILES string of the molecule is CN1CCCC1(C(N)=O)c1cccnc1. The van der Waals surface area contributed by atoms with Gasteiger partial charge in [-0.05, 0) is 32.5 Å². The van der Waals surface area contributed by atoms with Crippen molar-refractivity contribution in [3.63, 3.8) is 0 Å². The van der Waals surface area contributed by atoms with Crippen molar-refractivity contribution in [3.05, 3.63) is 30.1 Å². The predicted molar refractivity (Wildman–Crippen MR) is 57.0 cm³/mol. The third-order valence-corrected chi connectivity index (χ3v) is 3.23. The molecule has 1 aliphatic rings. The molecule has 0 radical (unpaired) electrons. The number of pyridine rings is 1. The molecule has 2 rings (SSSR count). The quantitative estimate of drug-likeness (QED) is 0.764. The fourth-order valence-corrected chi connectivity index (χ4v) is 2.38. The number of rotatable bonds is 2. The van der Waals surface area contributed by atoms with Crippen LogP contribution in [-0.4, -0.2) is 29.4 Å². The minimum atomic E-state index is -0.645. The van der Waals surface area contributed by atoms with Crippen molar-refractivity contribution in [2.75, 3.05) is 13.6 Å². The van der Waals surface area contributed by atoms with Gasteiger partial charge in [-0.25, -0.2) is 0 Å². The van der Waals surface area contributed by atoms with E-state index in [9.17, 15) is 4.79 Å². The lowest BCUT2D eigenvalue weighted by atomic mass is 9.88. The minimum absolute atomic E-state index is 0.282. The first-order chi connectivity index (χ1) is 7.18. The van der Waals surface area contributed by atoms with Gasteiger partial charge in [0.2, 0.25) is 5.91 Å². The van der Waals surface area contributed by atoms with Crippen LogP contribution in [0.1, 0.15) is 18.4 Å². The summed E-state index contributed by atoms with van der Waals surface area (Å²) in [6.07, 6.45) is 5.21. The van der Waals surface area contributed by atoms with Crippen molar-refractivity contribution in [1.82, 2.24) is 9.88 Å². The van der Waals surface area contributed by atoms with E-state index in [4.69, 9.17) is 5.73 Å². The van der Waals surface area contributed by atoms with E-state index in [1.54, 1.807) is 12.4 Å². The van der Waals surface area contributed by atoms with Gasteiger partial charge in [-0.1, -0.05) is 6.07 Å². The molecular formula is C11H15N3O. The Morgan fingerprint density at radius 3 is 2.93 bits per heavy atom. The van der Waals surface area contributed by atoms with Gasteiger partial charge in [0.25, 0.3) is 0 Å². The third kappa shape index (κ3) is 1.41.